The van der Waals surface area contributed by atoms with Gasteiger partial charge in [-0.2, -0.15) is 13.2 Å². The molecule has 0 unspecified atom stereocenters. The summed E-state index contributed by atoms with van der Waals surface area (Å²) in [7, 11) is 0. The van der Waals surface area contributed by atoms with E-state index in [0.717, 1.165) is 18.9 Å². The number of benzene rings is 1. The highest BCUT2D eigenvalue weighted by Crippen LogP contribution is 2.37. The number of ether oxygens (including phenoxy) is 1. The number of nitro benzene ring substituents is 1. The molecule has 7 heteroatoms. The SMILES string of the molecule is O=[N+]([O-])c1ccc(C(F)(F)F)cc1OCC1CC1. The summed E-state index contributed by atoms with van der Waals surface area (Å²) in [6.45, 7) is 0.224. The highest BCUT2D eigenvalue weighted by molar-refractivity contribution is 5.49. The van der Waals surface area contributed by atoms with Gasteiger partial charge in [-0.1, -0.05) is 0 Å². The van der Waals surface area contributed by atoms with Crippen LogP contribution in [0.2, 0.25) is 0 Å². The van der Waals surface area contributed by atoms with Gasteiger partial charge in [0.1, 0.15) is 0 Å². The molecule has 1 saturated carbocycles. The van der Waals surface area contributed by atoms with E-state index in [2.05, 4.69) is 0 Å². The van der Waals surface area contributed by atoms with Crippen molar-refractivity contribution in [3.63, 3.8) is 0 Å². The molecular weight excluding hydrogens is 251 g/mol. The van der Waals surface area contributed by atoms with Crippen molar-refractivity contribution in [1.82, 2.24) is 0 Å². The van der Waals surface area contributed by atoms with Gasteiger partial charge in [0, 0.05) is 6.07 Å². The maximum absolute atomic E-state index is 12.5. The lowest BCUT2D eigenvalue weighted by molar-refractivity contribution is -0.385. The molecule has 98 valence electrons. The molecule has 0 aliphatic heterocycles. The van der Waals surface area contributed by atoms with Crippen molar-refractivity contribution in [3.05, 3.63) is 33.9 Å². The Balaban J connectivity index is 2.27. The Morgan fingerprint density at radius 3 is 2.56 bits per heavy atom. The number of nitrogens with zero attached hydrogens (tertiary/aromatic N) is 1. The van der Waals surface area contributed by atoms with E-state index in [1.165, 1.54) is 0 Å². The minimum Gasteiger partial charge on any atom is -0.487 e. The first-order valence-corrected chi connectivity index (χ1v) is 5.36. The number of rotatable bonds is 4. The van der Waals surface area contributed by atoms with E-state index in [-0.39, 0.29) is 12.4 Å². The quantitative estimate of drug-likeness (QED) is 0.616. The Morgan fingerprint density at radius 1 is 1.39 bits per heavy atom. The maximum atomic E-state index is 12.5. The lowest BCUT2D eigenvalue weighted by Crippen LogP contribution is -2.07. The van der Waals surface area contributed by atoms with Crippen molar-refractivity contribution < 1.29 is 22.8 Å². The zero-order valence-electron chi connectivity index (χ0n) is 9.24. The molecule has 1 aliphatic rings. The highest BCUT2D eigenvalue weighted by atomic mass is 19.4. The van der Waals surface area contributed by atoms with E-state index in [1.807, 2.05) is 0 Å². The molecule has 0 spiro atoms. The summed E-state index contributed by atoms with van der Waals surface area (Å²) in [6, 6.07) is 2.19. The average Bonchev–Trinajstić information content (AvgIpc) is 3.08. The van der Waals surface area contributed by atoms with Crippen LogP contribution in [0.25, 0.3) is 0 Å². The summed E-state index contributed by atoms with van der Waals surface area (Å²) in [5.41, 5.74) is -1.39. The number of halogens is 3. The molecule has 0 saturated heterocycles. The summed E-state index contributed by atoms with van der Waals surface area (Å²) in [6.07, 6.45) is -2.63. The standard InChI is InChI=1S/C11H10F3NO3/c12-11(13,14)8-3-4-9(15(16)17)10(5-8)18-6-7-1-2-7/h3-5,7H,1-2,6H2. The molecule has 1 fully saturated rings. The highest BCUT2D eigenvalue weighted by Gasteiger charge is 2.33. The van der Waals surface area contributed by atoms with E-state index in [0.29, 0.717) is 18.1 Å². The predicted octanol–water partition coefficient (Wildman–Crippen LogP) is 3.40. The van der Waals surface area contributed by atoms with Gasteiger partial charge < -0.3 is 4.74 Å². The molecule has 0 radical (unpaired) electrons. The zero-order chi connectivity index (χ0) is 13.3. The van der Waals surface area contributed by atoms with Crippen molar-refractivity contribution in [2.45, 2.75) is 19.0 Å². The van der Waals surface area contributed by atoms with Crippen LogP contribution in [0.15, 0.2) is 18.2 Å². The molecule has 0 amide bonds. The molecule has 0 heterocycles. The zero-order valence-corrected chi connectivity index (χ0v) is 9.24. The van der Waals surface area contributed by atoms with E-state index >= 15 is 0 Å². The van der Waals surface area contributed by atoms with Gasteiger partial charge in [-0.3, -0.25) is 10.1 Å². The summed E-state index contributed by atoms with van der Waals surface area (Å²) < 4.78 is 42.6. The van der Waals surface area contributed by atoms with Crippen LogP contribution in [0.5, 0.6) is 5.75 Å². The molecule has 1 aliphatic carbocycles. The normalized spacial score (nSPS) is 15.5. The van der Waals surface area contributed by atoms with Gasteiger partial charge in [-0.15, -0.1) is 0 Å². The monoisotopic (exact) mass is 261 g/mol. The van der Waals surface area contributed by atoms with Gasteiger partial charge in [0.05, 0.1) is 17.1 Å². The van der Waals surface area contributed by atoms with Gasteiger partial charge in [0.15, 0.2) is 5.75 Å². The smallest absolute Gasteiger partial charge is 0.416 e. The Morgan fingerprint density at radius 2 is 2.06 bits per heavy atom. The second-order valence-corrected chi connectivity index (χ2v) is 4.19. The first-order valence-electron chi connectivity index (χ1n) is 5.36. The first-order chi connectivity index (χ1) is 8.38. The van der Waals surface area contributed by atoms with Crippen LogP contribution in [0.1, 0.15) is 18.4 Å². The minimum absolute atomic E-state index is 0.224. The van der Waals surface area contributed by atoms with Crippen molar-refractivity contribution in [3.8, 4) is 5.75 Å². The summed E-state index contributed by atoms with van der Waals surface area (Å²) in [5.74, 6) is -0.0131. The minimum atomic E-state index is -4.53. The third-order valence-electron chi connectivity index (χ3n) is 2.66. The Kier molecular flexibility index (Phi) is 3.14. The molecule has 2 rings (SSSR count). The Bertz CT molecular complexity index is 469. The number of nitro groups is 1. The molecule has 0 atom stereocenters. The Hall–Kier alpha value is -1.79. The van der Waals surface area contributed by atoms with Crippen molar-refractivity contribution in [1.29, 1.82) is 0 Å². The van der Waals surface area contributed by atoms with Gasteiger partial charge in [-0.05, 0) is 30.9 Å². The van der Waals surface area contributed by atoms with Gasteiger partial charge in [0.2, 0.25) is 0 Å². The Labute approximate surface area is 101 Å². The number of alkyl halides is 3. The topological polar surface area (TPSA) is 52.4 Å². The molecule has 1 aromatic rings. The lowest BCUT2D eigenvalue weighted by Gasteiger charge is -2.10. The van der Waals surface area contributed by atoms with Crippen LogP contribution in [-0.4, -0.2) is 11.5 Å². The fourth-order valence-corrected chi connectivity index (χ4v) is 1.45. The van der Waals surface area contributed by atoms with Crippen LogP contribution in [0, 0.1) is 16.0 Å². The number of hydrogen-bond donors (Lipinski definition) is 0. The van der Waals surface area contributed by atoms with Crippen molar-refractivity contribution in [2.24, 2.45) is 5.92 Å². The van der Waals surface area contributed by atoms with Crippen molar-refractivity contribution in [2.75, 3.05) is 6.61 Å². The summed E-state index contributed by atoms with van der Waals surface area (Å²) >= 11 is 0. The second-order valence-electron chi connectivity index (χ2n) is 4.19. The van der Waals surface area contributed by atoms with E-state index in [4.69, 9.17) is 4.74 Å². The fraction of sp³-hybridized carbons (Fsp3) is 0.455. The maximum Gasteiger partial charge on any atom is 0.416 e. The second kappa shape index (κ2) is 4.47. The molecule has 0 bridgehead atoms. The van der Waals surface area contributed by atoms with E-state index < -0.39 is 22.4 Å². The molecule has 0 aromatic heterocycles. The molecule has 18 heavy (non-hydrogen) atoms. The molecule has 1 aromatic carbocycles. The van der Waals surface area contributed by atoms with Crippen LogP contribution < -0.4 is 4.74 Å². The lowest BCUT2D eigenvalue weighted by atomic mass is 10.2. The summed E-state index contributed by atoms with van der Waals surface area (Å²) in [4.78, 5) is 9.94. The summed E-state index contributed by atoms with van der Waals surface area (Å²) in [5, 5.41) is 10.7. The molecule has 0 N–H and O–H groups in total. The molecular formula is C11H10F3NO3. The van der Waals surface area contributed by atoms with Crippen LogP contribution in [0.4, 0.5) is 18.9 Å². The van der Waals surface area contributed by atoms with Gasteiger partial charge in [0.25, 0.3) is 0 Å². The largest absolute Gasteiger partial charge is 0.487 e. The first kappa shape index (κ1) is 12.7. The third kappa shape index (κ3) is 2.91. The van der Waals surface area contributed by atoms with E-state index in [9.17, 15) is 23.3 Å². The van der Waals surface area contributed by atoms with Crippen LogP contribution in [-0.2, 0) is 6.18 Å². The fourth-order valence-electron chi connectivity index (χ4n) is 1.45. The molecule has 4 nitrogen and oxygen atoms in total. The van der Waals surface area contributed by atoms with Crippen LogP contribution in [0.3, 0.4) is 0 Å². The van der Waals surface area contributed by atoms with E-state index in [1.54, 1.807) is 0 Å². The van der Waals surface area contributed by atoms with Crippen LogP contribution >= 0.6 is 0 Å². The van der Waals surface area contributed by atoms with Crippen molar-refractivity contribution >= 4 is 5.69 Å². The van der Waals surface area contributed by atoms with Gasteiger partial charge >= 0.3 is 11.9 Å². The van der Waals surface area contributed by atoms with Gasteiger partial charge in [-0.25, -0.2) is 0 Å². The number of hydrogen-bond acceptors (Lipinski definition) is 3. The predicted molar refractivity (Wildman–Crippen MR) is 56.3 cm³/mol. The average molecular weight is 261 g/mol. The third-order valence-corrected chi connectivity index (χ3v) is 2.66.